The number of likely N-dealkylation sites (N-methyl/N-ethyl adjacent to an activating group) is 1. The van der Waals surface area contributed by atoms with E-state index >= 15 is 0 Å². The predicted octanol–water partition coefficient (Wildman–Crippen LogP) is 3.57. The fourth-order valence-electron chi connectivity index (χ4n) is 2.90. The maximum atomic E-state index is 10.7. The second-order valence-electron chi connectivity index (χ2n) is 5.41. The summed E-state index contributed by atoms with van der Waals surface area (Å²) in [5, 5.41) is 14.9. The van der Waals surface area contributed by atoms with E-state index in [2.05, 4.69) is 56.1 Å². The Morgan fingerprint density at radius 1 is 1.14 bits per heavy atom. The molecule has 1 heterocycles. The van der Waals surface area contributed by atoms with Crippen molar-refractivity contribution in [1.82, 2.24) is 9.88 Å². The lowest BCUT2D eigenvalue weighted by molar-refractivity contribution is 0.132. The van der Waals surface area contributed by atoms with Gasteiger partial charge in [0.25, 0.3) is 0 Å². The Bertz CT molecular complexity index is 754. The average molecular weight is 359 g/mol. The van der Waals surface area contributed by atoms with Gasteiger partial charge in [0.1, 0.15) is 0 Å². The zero-order chi connectivity index (χ0) is 15.5. The fourth-order valence-corrected chi connectivity index (χ4v) is 3.25. The smallest absolute Gasteiger partial charge is 0.0912 e. The van der Waals surface area contributed by atoms with Gasteiger partial charge >= 0.3 is 0 Å². The first-order valence-electron chi connectivity index (χ1n) is 7.34. The molecule has 2 aromatic carbocycles. The van der Waals surface area contributed by atoms with E-state index in [1.165, 1.54) is 5.39 Å². The molecule has 0 aliphatic carbocycles. The molecule has 0 bridgehead atoms. The van der Waals surface area contributed by atoms with Crippen LogP contribution in [-0.4, -0.2) is 29.4 Å². The Balaban J connectivity index is 2.13. The second-order valence-corrected chi connectivity index (χ2v) is 6.32. The van der Waals surface area contributed by atoms with Gasteiger partial charge in [0.2, 0.25) is 0 Å². The maximum Gasteiger partial charge on any atom is 0.0912 e. The van der Waals surface area contributed by atoms with Crippen LogP contribution in [0, 0.1) is 0 Å². The average Bonchev–Trinajstić information content (AvgIpc) is 2.92. The molecule has 0 aliphatic rings. The van der Waals surface area contributed by atoms with E-state index in [-0.39, 0.29) is 6.04 Å². The number of nitrogens with one attached hydrogen (secondary N) is 1. The summed E-state index contributed by atoms with van der Waals surface area (Å²) in [7, 11) is 1.86. The minimum Gasteiger partial charge on any atom is -0.389 e. The summed E-state index contributed by atoms with van der Waals surface area (Å²) in [5.41, 5.74) is 2.21. The van der Waals surface area contributed by atoms with Gasteiger partial charge in [-0.05, 0) is 36.2 Å². The van der Waals surface area contributed by atoms with Crippen molar-refractivity contribution in [3.8, 4) is 0 Å². The molecule has 2 atom stereocenters. The van der Waals surface area contributed by atoms with Crippen LogP contribution in [0.25, 0.3) is 10.9 Å². The molecular formula is C18H19BrN2O. The number of aromatic nitrogens is 1. The molecule has 4 heteroatoms. The molecule has 1 aromatic heterocycles. The molecule has 22 heavy (non-hydrogen) atoms. The Labute approximate surface area is 138 Å². The third kappa shape index (κ3) is 2.95. The van der Waals surface area contributed by atoms with E-state index in [1.54, 1.807) is 0 Å². The van der Waals surface area contributed by atoms with Crippen molar-refractivity contribution < 1.29 is 5.11 Å². The summed E-state index contributed by atoms with van der Waals surface area (Å²) in [5.74, 6) is 0. The van der Waals surface area contributed by atoms with Crippen LogP contribution in [-0.2, 0) is 0 Å². The van der Waals surface area contributed by atoms with Crippen molar-refractivity contribution in [3.05, 3.63) is 70.8 Å². The van der Waals surface area contributed by atoms with Crippen LogP contribution in [0.1, 0.15) is 11.6 Å². The Kier molecular flexibility index (Phi) is 4.62. The molecule has 0 unspecified atom stereocenters. The number of aliphatic hydroxyl groups is 1. The van der Waals surface area contributed by atoms with Crippen molar-refractivity contribution in [3.63, 3.8) is 0 Å². The quantitative estimate of drug-likeness (QED) is 0.731. The first kappa shape index (κ1) is 15.3. The van der Waals surface area contributed by atoms with Gasteiger partial charge in [-0.25, -0.2) is 0 Å². The van der Waals surface area contributed by atoms with Crippen molar-refractivity contribution >= 4 is 26.8 Å². The number of aliphatic hydroxyl groups excluding tert-OH is 1. The van der Waals surface area contributed by atoms with Gasteiger partial charge in [-0.3, -0.25) is 0 Å². The largest absolute Gasteiger partial charge is 0.389 e. The number of nitrogens with zero attached hydrogens (tertiary/aromatic N) is 1. The number of halogens is 1. The molecule has 3 rings (SSSR count). The molecule has 0 aliphatic heterocycles. The molecule has 0 saturated heterocycles. The highest BCUT2D eigenvalue weighted by Crippen LogP contribution is 2.29. The van der Waals surface area contributed by atoms with Crippen molar-refractivity contribution in [2.45, 2.75) is 12.1 Å². The number of hydrogen-bond donors (Lipinski definition) is 2. The highest BCUT2D eigenvalue weighted by Gasteiger charge is 2.23. The van der Waals surface area contributed by atoms with E-state index in [0.29, 0.717) is 6.54 Å². The third-order valence-corrected chi connectivity index (χ3v) is 4.40. The summed E-state index contributed by atoms with van der Waals surface area (Å²) in [6.45, 7) is 0.535. The summed E-state index contributed by atoms with van der Waals surface area (Å²) < 4.78 is 3.19. The van der Waals surface area contributed by atoms with Crippen molar-refractivity contribution in [2.75, 3.05) is 13.6 Å². The van der Waals surface area contributed by atoms with Crippen LogP contribution in [0.2, 0.25) is 0 Å². The number of fused-ring (bicyclic) bond motifs is 1. The van der Waals surface area contributed by atoms with Gasteiger partial charge in [0, 0.05) is 22.7 Å². The normalized spacial score (nSPS) is 14.1. The first-order chi connectivity index (χ1) is 10.7. The first-order valence-corrected chi connectivity index (χ1v) is 8.13. The molecule has 0 fully saturated rings. The SMILES string of the molecule is CNC[C@@H](O)[C@H](c1ccccc1)n1ccc2ccc(Br)cc21. The zero-order valence-electron chi connectivity index (χ0n) is 12.4. The molecule has 0 amide bonds. The van der Waals surface area contributed by atoms with E-state index < -0.39 is 6.10 Å². The molecular weight excluding hydrogens is 340 g/mol. The fraction of sp³-hybridized carbons (Fsp3) is 0.222. The molecule has 114 valence electrons. The van der Waals surface area contributed by atoms with Gasteiger partial charge in [-0.15, -0.1) is 0 Å². The second kappa shape index (κ2) is 6.65. The van der Waals surface area contributed by atoms with Crippen LogP contribution in [0.15, 0.2) is 65.3 Å². The van der Waals surface area contributed by atoms with Gasteiger partial charge in [0.05, 0.1) is 12.1 Å². The van der Waals surface area contributed by atoms with Crippen LogP contribution in [0.5, 0.6) is 0 Å². The molecule has 0 radical (unpaired) electrons. The summed E-state index contributed by atoms with van der Waals surface area (Å²) in [6.07, 6.45) is 1.54. The van der Waals surface area contributed by atoms with Crippen molar-refractivity contribution in [1.29, 1.82) is 0 Å². The molecule has 0 saturated carbocycles. The lowest BCUT2D eigenvalue weighted by Crippen LogP contribution is -2.33. The van der Waals surface area contributed by atoms with Crippen LogP contribution < -0.4 is 5.32 Å². The van der Waals surface area contributed by atoms with Gasteiger partial charge in [-0.1, -0.05) is 52.3 Å². The van der Waals surface area contributed by atoms with Crippen LogP contribution in [0.3, 0.4) is 0 Å². The Morgan fingerprint density at radius 3 is 2.64 bits per heavy atom. The molecule has 2 N–H and O–H groups in total. The van der Waals surface area contributed by atoms with E-state index in [1.807, 2.05) is 37.5 Å². The zero-order valence-corrected chi connectivity index (χ0v) is 14.0. The van der Waals surface area contributed by atoms with Crippen LogP contribution in [0.4, 0.5) is 0 Å². The van der Waals surface area contributed by atoms with E-state index in [4.69, 9.17) is 0 Å². The van der Waals surface area contributed by atoms with Gasteiger partial charge in [0.15, 0.2) is 0 Å². The topological polar surface area (TPSA) is 37.2 Å². The summed E-state index contributed by atoms with van der Waals surface area (Å²) in [6, 6.07) is 18.3. The minimum atomic E-state index is -0.512. The minimum absolute atomic E-state index is 0.125. The number of rotatable bonds is 5. The maximum absolute atomic E-state index is 10.7. The predicted molar refractivity (Wildman–Crippen MR) is 94.2 cm³/mol. The molecule has 3 aromatic rings. The van der Waals surface area contributed by atoms with Gasteiger partial charge < -0.3 is 15.0 Å². The standard InChI is InChI=1S/C18H19BrN2O/c1-20-12-17(22)18(14-5-3-2-4-6-14)21-10-9-13-7-8-15(19)11-16(13)21/h2-11,17-18,20,22H,12H2,1H3/t17-,18+/m1/s1. The highest BCUT2D eigenvalue weighted by atomic mass is 79.9. The number of benzene rings is 2. The summed E-state index contributed by atoms with van der Waals surface area (Å²) in [4.78, 5) is 0. The Morgan fingerprint density at radius 2 is 1.91 bits per heavy atom. The van der Waals surface area contributed by atoms with Crippen LogP contribution >= 0.6 is 15.9 Å². The third-order valence-electron chi connectivity index (χ3n) is 3.90. The van der Waals surface area contributed by atoms with Crippen molar-refractivity contribution in [2.24, 2.45) is 0 Å². The monoisotopic (exact) mass is 358 g/mol. The Hall–Kier alpha value is -1.62. The van der Waals surface area contributed by atoms with Gasteiger partial charge in [-0.2, -0.15) is 0 Å². The lowest BCUT2D eigenvalue weighted by atomic mass is 10.0. The molecule has 0 spiro atoms. The van der Waals surface area contributed by atoms with E-state index in [0.717, 1.165) is 15.6 Å². The number of hydrogen-bond acceptors (Lipinski definition) is 2. The lowest BCUT2D eigenvalue weighted by Gasteiger charge is -2.26. The summed E-state index contributed by atoms with van der Waals surface area (Å²) >= 11 is 3.54. The highest BCUT2D eigenvalue weighted by molar-refractivity contribution is 9.10. The van der Waals surface area contributed by atoms with E-state index in [9.17, 15) is 5.11 Å². The molecule has 3 nitrogen and oxygen atoms in total.